The molecule has 2 atom stereocenters. The van der Waals surface area contributed by atoms with E-state index >= 15 is 0 Å². The fourth-order valence-electron chi connectivity index (χ4n) is 2.51. The van der Waals surface area contributed by atoms with Crippen LogP contribution in [0.2, 0.25) is 0 Å². The second kappa shape index (κ2) is 7.17. The number of carboxylic acids is 1. The number of ketones is 1. The zero-order valence-corrected chi connectivity index (χ0v) is 11.9. The number of aliphatic carboxylic acids is 1. The van der Waals surface area contributed by atoms with Gasteiger partial charge in [-0.3, -0.25) is 24.1 Å². The highest BCUT2D eigenvalue weighted by Crippen LogP contribution is 2.28. The first kappa shape index (κ1) is 16.3. The van der Waals surface area contributed by atoms with Crippen LogP contribution in [0.15, 0.2) is 0 Å². The maximum absolute atomic E-state index is 12.3. The van der Waals surface area contributed by atoms with Gasteiger partial charge in [-0.25, -0.2) is 0 Å². The molecule has 6 heteroatoms. The normalized spacial score (nSPS) is 22.7. The quantitative estimate of drug-likeness (QED) is 0.740. The van der Waals surface area contributed by atoms with E-state index in [1.165, 1.54) is 0 Å². The van der Waals surface area contributed by atoms with Crippen molar-refractivity contribution < 1.29 is 24.3 Å². The van der Waals surface area contributed by atoms with Crippen LogP contribution in [-0.4, -0.2) is 40.1 Å². The van der Waals surface area contributed by atoms with Crippen molar-refractivity contribution in [2.24, 2.45) is 11.8 Å². The monoisotopic (exact) mass is 283 g/mol. The molecule has 0 radical (unpaired) electrons. The molecule has 0 aromatic rings. The Morgan fingerprint density at radius 2 is 1.80 bits per heavy atom. The largest absolute Gasteiger partial charge is 0.481 e. The van der Waals surface area contributed by atoms with Crippen LogP contribution in [0.25, 0.3) is 0 Å². The molecule has 1 fully saturated rings. The lowest BCUT2D eigenvalue weighted by Gasteiger charge is -2.34. The minimum atomic E-state index is -1.21. The summed E-state index contributed by atoms with van der Waals surface area (Å²) in [5, 5.41) is 9.16. The maximum atomic E-state index is 12.3. The van der Waals surface area contributed by atoms with Crippen molar-refractivity contribution in [3.8, 4) is 0 Å². The second-order valence-corrected chi connectivity index (χ2v) is 5.06. The second-order valence-electron chi connectivity index (χ2n) is 5.06. The standard InChI is InChI=1S/C14H21NO5/c1-3-5-10(16)12-9(14(19)20)7-8-15(13(12)18)11(17)6-4-2/h9,12H,3-8H2,1-2H3,(H,19,20). The van der Waals surface area contributed by atoms with E-state index in [9.17, 15) is 19.2 Å². The molecule has 2 unspecified atom stereocenters. The summed E-state index contributed by atoms with van der Waals surface area (Å²) in [4.78, 5) is 48.4. The van der Waals surface area contributed by atoms with Crippen molar-refractivity contribution in [3.63, 3.8) is 0 Å². The van der Waals surface area contributed by atoms with E-state index in [4.69, 9.17) is 5.11 Å². The molecule has 0 saturated carbocycles. The third kappa shape index (κ3) is 3.43. The van der Waals surface area contributed by atoms with Crippen LogP contribution >= 0.6 is 0 Å². The van der Waals surface area contributed by atoms with Gasteiger partial charge in [0, 0.05) is 19.4 Å². The van der Waals surface area contributed by atoms with E-state index in [1.807, 2.05) is 6.92 Å². The van der Waals surface area contributed by atoms with Gasteiger partial charge in [0.25, 0.3) is 0 Å². The summed E-state index contributed by atoms with van der Waals surface area (Å²) in [6, 6.07) is 0. The number of amides is 2. The number of carboxylic acid groups (broad SMARTS) is 1. The van der Waals surface area contributed by atoms with Crippen LogP contribution in [-0.2, 0) is 19.2 Å². The van der Waals surface area contributed by atoms with Crippen LogP contribution < -0.4 is 0 Å². The highest BCUT2D eigenvalue weighted by Gasteiger charge is 2.45. The number of Topliss-reactive ketones (excluding diaryl/α,β-unsaturated/α-hetero) is 1. The van der Waals surface area contributed by atoms with Gasteiger partial charge >= 0.3 is 5.97 Å². The molecule has 1 aliphatic heterocycles. The smallest absolute Gasteiger partial charge is 0.307 e. The van der Waals surface area contributed by atoms with Crippen LogP contribution in [0.3, 0.4) is 0 Å². The van der Waals surface area contributed by atoms with Crippen molar-refractivity contribution in [1.29, 1.82) is 0 Å². The van der Waals surface area contributed by atoms with Gasteiger partial charge in [0.15, 0.2) is 0 Å². The van der Waals surface area contributed by atoms with Crippen LogP contribution in [0.5, 0.6) is 0 Å². The van der Waals surface area contributed by atoms with E-state index in [0.717, 1.165) is 4.90 Å². The summed E-state index contributed by atoms with van der Waals surface area (Å²) in [5.41, 5.74) is 0. The van der Waals surface area contributed by atoms with E-state index in [1.54, 1.807) is 6.92 Å². The predicted octanol–water partition coefficient (Wildman–Crippen LogP) is 1.23. The molecule has 1 heterocycles. The number of imide groups is 1. The van der Waals surface area contributed by atoms with Gasteiger partial charge in [0.05, 0.1) is 5.92 Å². The van der Waals surface area contributed by atoms with Gasteiger partial charge in [0.1, 0.15) is 11.7 Å². The average molecular weight is 283 g/mol. The number of hydrogen-bond acceptors (Lipinski definition) is 4. The highest BCUT2D eigenvalue weighted by molar-refractivity contribution is 6.09. The van der Waals surface area contributed by atoms with E-state index in [0.29, 0.717) is 12.8 Å². The van der Waals surface area contributed by atoms with Crippen molar-refractivity contribution in [2.45, 2.75) is 46.0 Å². The zero-order valence-electron chi connectivity index (χ0n) is 11.9. The lowest BCUT2D eigenvalue weighted by Crippen LogP contribution is -2.52. The number of carbonyl (C=O) groups is 4. The van der Waals surface area contributed by atoms with Crippen molar-refractivity contribution in [1.82, 2.24) is 4.90 Å². The molecule has 0 aromatic heterocycles. The average Bonchev–Trinajstić information content (AvgIpc) is 2.38. The lowest BCUT2D eigenvalue weighted by atomic mass is 9.80. The summed E-state index contributed by atoms with van der Waals surface area (Å²) in [6.07, 6.45) is 1.71. The number of piperidine rings is 1. The zero-order chi connectivity index (χ0) is 15.3. The summed E-state index contributed by atoms with van der Waals surface area (Å²) in [5.74, 6) is -4.69. The van der Waals surface area contributed by atoms with E-state index in [-0.39, 0.29) is 37.5 Å². The Balaban J connectivity index is 2.97. The molecule has 0 bridgehead atoms. The van der Waals surface area contributed by atoms with Crippen molar-refractivity contribution in [2.75, 3.05) is 6.54 Å². The molecule has 2 amide bonds. The molecule has 0 aromatic carbocycles. The minimum absolute atomic E-state index is 0.0878. The molecule has 1 saturated heterocycles. The maximum Gasteiger partial charge on any atom is 0.307 e. The molecule has 112 valence electrons. The first-order valence-electron chi connectivity index (χ1n) is 7.03. The Hall–Kier alpha value is -1.72. The third-order valence-corrected chi connectivity index (χ3v) is 3.52. The third-order valence-electron chi connectivity index (χ3n) is 3.52. The van der Waals surface area contributed by atoms with Crippen LogP contribution in [0.4, 0.5) is 0 Å². The Kier molecular flexibility index (Phi) is 5.85. The number of likely N-dealkylation sites (tertiary alicyclic amines) is 1. The topological polar surface area (TPSA) is 91.8 Å². The van der Waals surface area contributed by atoms with Crippen molar-refractivity contribution >= 4 is 23.6 Å². The SMILES string of the molecule is CCCC(=O)C1C(=O)N(C(=O)CCC)CCC1C(=O)O. The summed E-state index contributed by atoms with van der Waals surface area (Å²) in [6.45, 7) is 3.71. The first-order valence-corrected chi connectivity index (χ1v) is 7.03. The molecular weight excluding hydrogens is 262 g/mol. The number of rotatable bonds is 6. The van der Waals surface area contributed by atoms with Gasteiger partial charge in [-0.15, -0.1) is 0 Å². The molecule has 20 heavy (non-hydrogen) atoms. The van der Waals surface area contributed by atoms with E-state index < -0.39 is 23.7 Å². The van der Waals surface area contributed by atoms with E-state index in [2.05, 4.69) is 0 Å². The number of hydrogen-bond donors (Lipinski definition) is 1. The molecular formula is C14H21NO5. The molecule has 1 N–H and O–H groups in total. The summed E-state index contributed by atoms with van der Waals surface area (Å²) < 4.78 is 0. The fraction of sp³-hybridized carbons (Fsp3) is 0.714. The summed E-state index contributed by atoms with van der Waals surface area (Å²) >= 11 is 0. The molecule has 6 nitrogen and oxygen atoms in total. The highest BCUT2D eigenvalue weighted by atomic mass is 16.4. The number of carbonyl (C=O) groups excluding carboxylic acids is 3. The van der Waals surface area contributed by atoms with Gasteiger partial charge < -0.3 is 5.11 Å². The van der Waals surface area contributed by atoms with Gasteiger partial charge in [-0.1, -0.05) is 13.8 Å². The van der Waals surface area contributed by atoms with Crippen molar-refractivity contribution in [3.05, 3.63) is 0 Å². The first-order chi connectivity index (χ1) is 9.43. The van der Waals surface area contributed by atoms with Crippen LogP contribution in [0.1, 0.15) is 46.0 Å². The Morgan fingerprint density at radius 1 is 1.20 bits per heavy atom. The molecule has 0 spiro atoms. The van der Waals surface area contributed by atoms with Crippen LogP contribution in [0, 0.1) is 11.8 Å². The summed E-state index contributed by atoms with van der Waals surface area (Å²) in [7, 11) is 0. The Morgan fingerprint density at radius 3 is 2.30 bits per heavy atom. The molecule has 1 rings (SSSR count). The van der Waals surface area contributed by atoms with Gasteiger partial charge in [-0.05, 0) is 19.3 Å². The Labute approximate surface area is 118 Å². The fourth-order valence-corrected chi connectivity index (χ4v) is 2.51. The molecule has 0 aliphatic carbocycles. The molecule has 1 aliphatic rings. The van der Waals surface area contributed by atoms with Gasteiger partial charge in [-0.2, -0.15) is 0 Å². The minimum Gasteiger partial charge on any atom is -0.481 e. The number of nitrogens with zero attached hydrogens (tertiary/aromatic N) is 1. The van der Waals surface area contributed by atoms with Gasteiger partial charge in [0.2, 0.25) is 11.8 Å². The Bertz CT molecular complexity index is 418. The lowest BCUT2D eigenvalue weighted by molar-refractivity contribution is -0.162. The predicted molar refractivity (Wildman–Crippen MR) is 70.8 cm³/mol.